The number of carbonyl (C=O) groups excluding carboxylic acids is 1. The van der Waals surface area contributed by atoms with Crippen LogP contribution in [0.2, 0.25) is 0 Å². The van der Waals surface area contributed by atoms with E-state index in [1.54, 1.807) is 14.0 Å². The number of hydrogen-bond donors (Lipinski definition) is 0. The van der Waals surface area contributed by atoms with Gasteiger partial charge in [-0.2, -0.15) is 0 Å². The Morgan fingerprint density at radius 2 is 1.93 bits per heavy atom. The number of nitrogens with zero attached hydrogens (tertiary/aromatic N) is 1. The van der Waals surface area contributed by atoms with Crippen molar-refractivity contribution in [3.8, 4) is 5.75 Å². The molecule has 0 N–H and O–H groups in total. The molecule has 0 bridgehead atoms. The van der Waals surface area contributed by atoms with Crippen LogP contribution in [0.5, 0.6) is 5.75 Å². The Kier molecular flexibility index (Phi) is 3.85. The number of ether oxygens (including phenoxy) is 1. The van der Waals surface area contributed by atoms with Crippen molar-refractivity contribution in [2.24, 2.45) is 5.16 Å². The zero-order valence-electron chi connectivity index (χ0n) is 8.98. The van der Waals surface area contributed by atoms with Crippen LogP contribution in [-0.4, -0.2) is 18.8 Å². The minimum atomic E-state index is -0.441. The van der Waals surface area contributed by atoms with Crippen molar-refractivity contribution >= 4 is 11.7 Å². The minimum Gasteiger partial charge on any atom is -0.496 e. The molecule has 0 radical (unpaired) electrons. The van der Waals surface area contributed by atoms with Gasteiger partial charge in [-0.1, -0.05) is 17.3 Å². The van der Waals surface area contributed by atoms with Crippen molar-refractivity contribution in [3.05, 3.63) is 29.8 Å². The molecule has 4 heteroatoms. The van der Waals surface area contributed by atoms with Crippen LogP contribution >= 0.6 is 0 Å². The molecular formula is C11H13NO3. The van der Waals surface area contributed by atoms with E-state index < -0.39 is 5.97 Å². The highest BCUT2D eigenvalue weighted by molar-refractivity contribution is 6.01. The van der Waals surface area contributed by atoms with E-state index in [0.717, 1.165) is 5.56 Å². The van der Waals surface area contributed by atoms with Crippen LogP contribution in [0.15, 0.2) is 29.4 Å². The largest absolute Gasteiger partial charge is 0.496 e. The van der Waals surface area contributed by atoms with Crippen molar-refractivity contribution in [2.75, 3.05) is 7.11 Å². The molecule has 0 aliphatic heterocycles. The molecule has 0 saturated carbocycles. The first-order chi connectivity index (χ1) is 7.15. The summed E-state index contributed by atoms with van der Waals surface area (Å²) >= 11 is 0. The summed E-state index contributed by atoms with van der Waals surface area (Å²) in [6.45, 7) is 3.06. The van der Waals surface area contributed by atoms with Crippen LogP contribution < -0.4 is 4.74 Å². The quantitative estimate of drug-likeness (QED) is 0.432. The van der Waals surface area contributed by atoms with Crippen molar-refractivity contribution in [2.45, 2.75) is 13.8 Å². The Hall–Kier alpha value is -1.84. The van der Waals surface area contributed by atoms with Gasteiger partial charge in [0, 0.05) is 12.5 Å². The lowest BCUT2D eigenvalue weighted by atomic mass is 10.1. The fraction of sp³-hybridized carbons (Fsp3) is 0.273. The van der Waals surface area contributed by atoms with E-state index in [0.29, 0.717) is 11.5 Å². The van der Waals surface area contributed by atoms with Crippen LogP contribution in [0.3, 0.4) is 0 Å². The molecule has 4 nitrogen and oxygen atoms in total. The van der Waals surface area contributed by atoms with E-state index in [9.17, 15) is 4.79 Å². The molecule has 0 aliphatic rings. The van der Waals surface area contributed by atoms with Crippen LogP contribution in [0.25, 0.3) is 0 Å². The summed E-state index contributed by atoms with van der Waals surface area (Å²) in [7, 11) is 1.58. The van der Waals surface area contributed by atoms with Gasteiger partial charge in [0.25, 0.3) is 0 Å². The predicted molar refractivity (Wildman–Crippen MR) is 57.0 cm³/mol. The summed E-state index contributed by atoms with van der Waals surface area (Å²) in [5.74, 6) is 0.259. The fourth-order valence-corrected chi connectivity index (χ4v) is 1.13. The molecule has 0 amide bonds. The third-order valence-corrected chi connectivity index (χ3v) is 1.81. The van der Waals surface area contributed by atoms with E-state index in [1.165, 1.54) is 6.92 Å². The fourth-order valence-electron chi connectivity index (χ4n) is 1.13. The summed E-state index contributed by atoms with van der Waals surface area (Å²) in [6, 6.07) is 7.40. The van der Waals surface area contributed by atoms with Gasteiger partial charge in [-0.25, -0.2) is 4.79 Å². The van der Waals surface area contributed by atoms with Gasteiger partial charge in [0.15, 0.2) is 0 Å². The normalized spacial score (nSPS) is 11.0. The molecule has 1 aromatic rings. The highest BCUT2D eigenvalue weighted by Crippen LogP contribution is 2.18. The van der Waals surface area contributed by atoms with Crippen molar-refractivity contribution in [1.82, 2.24) is 0 Å². The van der Waals surface area contributed by atoms with Crippen LogP contribution in [0, 0.1) is 0 Å². The average Bonchev–Trinajstić information content (AvgIpc) is 2.25. The second-order valence-corrected chi connectivity index (χ2v) is 2.96. The first kappa shape index (κ1) is 11.2. The number of oxime groups is 1. The molecule has 15 heavy (non-hydrogen) atoms. The smallest absolute Gasteiger partial charge is 0.331 e. The maximum absolute atomic E-state index is 10.6. The zero-order valence-corrected chi connectivity index (χ0v) is 8.98. The first-order valence-electron chi connectivity index (χ1n) is 4.50. The zero-order chi connectivity index (χ0) is 11.3. The maximum Gasteiger partial charge on any atom is 0.331 e. The number of methoxy groups -OCH3 is 1. The molecule has 80 valence electrons. The Bertz CT molecular complexity index is 385. The van der Waals surface area contributed by atoms with Gasteiger partial charge in [-0.3, -0.25) is 0 Å². The molecule has 0 atom stereocenters. The van der Waals surface area contributed by atoms with E-state index >= 15 is 0 Å². The van der Waals surface area contributed by atoms with Gasteiger partial charge in [-0.15, -0.1) is 0 Å². The van der Waals surface area contributed by atoms with Crippen molar-refractivity contribution in [3.63, 3.8) is 0 Å². The van der Waals surface area contributed by atoms with Crippen molar-refractivity contribution in [1.29, 1.82) is 0 Å². The monoisotopic (exact) mass is 207 g/mol. The molecular weight excluding hydrogens is 194 g/mol. The summed E-state index contributed by atoms with van der Waals surface area (Å²) in [4.78, 5) is 15.1. The minimum absolute atomic E-state index is 0.441. The van der Waals surface area contributed by atoms with Crippen molar-refractivity contribution < 1.29 is 14.4 Å². The van der Waals surface area contributed by atoms with Crippen LogP contribution in [0.1, 0.15) is 19.4 Å². The van der Waals surface area contributed by atoms with E-state index in [-0.39, 0.29) is 0 Å². The Labute approximate surface area is 88.5 Å². The predicted octanol–water partition coefficient (Wildman–Crippen LogP) is 1.98. The molecule has 1 rings (SSSR count). The molecule has 1 aromatic carbocycles. The summed E-state index contributed by atoms with van der Waals surface area (Å²) in [5.41, 5.74) is 1.41. The Balaban J connectivity index is 2.94. The van der Waals surface area contributed by atoms with Gasteiger partial charge >= 0.3 is 5.97 Å². The third-order valence-electron chi connectivity index (χ3n) is 1.81. The third kappa shape index (κ3) is 3.09. The molecule has 0 aliphatic carbocycles. The SMILES string of the molecule is COc1ccccc1/C(C)=N\OC(C)=O. The summed E-state index contributed by atoms with van der Waals surface area (Å²) in [5, 5.41) is 3.69. The molecule has 0 saturated heterocycles. The van der Waals surface area contributed by atoms with E-state index in [4.69, 9.17) is 4.74 Å². The maximum atomic E-state index is 10.6. The standard InChI is InChI=1S/C11H13NO3/c1-8(12-15-9(2)13)10-6-4-5-7-11(10)14-3/h4-7H,1-3H3/b12-8-. The number of hydrogen-bond acceptors (Lipinski definition) is 4. The molecule has 0 heterocycles. The summed E-state index contributed by atoms with van der Waals surface area (Å²) < 4.78 is 5.15. The van der Waals surface area contributed by atoms with Gasteiger partial charge in [0.1, 0.15) is 5.75 Å². The van der Waals surface area contributed by atoms with Gasteiger partial charge in [-0.05, 0) is 19.1 Å². The molecule has 0 unspecified atom stereocenters. The van der Waals surface area contributed by atoms with Crippen LogP contribution in [-0.2, 0) is 9.63 Å². The second-order valence-electron chi connectivity index (χ2n) is 2.96. The highest BCUT2D eigenvalue weighted by atomic mass is 16.7. The lowest BCUT2D eigenvalue weighted by molar-refractivity contribution is -0.140. The van der Waals surface area contributed by atoms with Crippen LogP contribution in [0.4, 0.5) is 0 Å². The van der Waals surface area contributed by atoms with Gasteiger partial charge in [0.2, 0.25) is 0 Å². The Morgan fingerprint density at radius 3 is 2.53 bits per heavy atom. The first-order valence-corrected chi connectivity index (χ1v) is 4.50. The number of benzene rings is 1. The lowest BCUT2D eigenvalue weighted by Gasteiger charge is -2.06. The van der Waals surface area contributed by atoms with Gasteiger partial charge < -0.3 is 9.57 Å². The van der Waals surface area contributed by atoms with Gasteiger partial charge in [0.05, 0.1) is 12.8 Å². The highest BCUT2D eigenvalue weighted by Gasteiger charge is 2.05. The Morgan fingerprint density at radius 1 is 1.27 bits per heavy atom. The molecule has 0 fully saturated rings. The average molecular weight is 207 g/mol. The van der Waals surface area contributed by atoms with E-state index in [2.05, 4.69) is 9.99 Å². The topological polar surface area (TPSA) is 47.9 Å². The number of para-hydroxylation sites is 1. The van der Waals surface area contributed by atoms with E-state index in [1.807, 2.05) is 24.3 Å². The number of carbonyl (C=O) groups is 1. The second kappa shape index (κ2) is 5.14. The number of rotatable bonds is 3. The lowest BCUT2D eigenvalue weighted by Crippen LogP contribution is -2.01. The molecule has 0 aromatic heterocycles. The summed E-state index contributed by atoms with van der Waals surface area (Å²) in [6.07, 6.45) is 0. The molecule has 0 spiro atoms.